The molecule has 0 bridgehead atoms. The number of hydrogen-bond acceptors (Lipinski definition) is 20. The number of pyridine rings is 4. The number of rotatable bonds is 0. The van der Waals surface area contributed by atoms with Gasteiger partial charge in [0.2, 0.25) is 0 Å². The minimum absolute atomic E-state index is 0. The second-order valence-corrected chi connectivity index (χ2v) is 25.0. The summed E-state index contributed by atoms with van der Waals surface area (Å²) in [5, 5.41) is -4.47. The van der Waals surface area contributed by atoms with Crippen LogP contribution in [-0.2, 0) is 85.4 Å². The number of nitrogens with zero attached hydrogens (tertiary/aromatic N) is 4. The molecule has 0 unspecified atom stereocenters. The van der Waals surface area contributed by atoms with Gasteiger partial charge in [-0.2, -0.15) is 0 Å². The first-order chi connectivity index (χ1) is 26.6. The van der Waals surface area contributed by atoms with Crippen LogP contribution in [0.4, 0.5) is 23.3 Å². The fourth-order valence-electron chi connectivity index (χ4n) is 1.50. The van der Waals surface area contributed by atoms with E-state index in [2.05, 4.69) is 19.9 Å². The van der Waals surface area contributed by atoms with E-state index in [0.717, 1.165) is 0 Å². The average Bonchev–Trinajstić information content (AvgIpc) is 3.05. The van der Waals surface area contributed by atoms with Gasteiger partial charge < -0.3 is 80.3 Å². The van der Waals surface area contributed by atoms with Gasteiger partial charge in [0.05, 0.1) is 0 Å². The Labute approximate surface area is 419 Å². The van der Waals surface area contributed by atoms with Crippen molar-refractivity contribution in [1.82, 2.24) is 19.9 Å². The number of nitrogen functional groups attached to an aromatic ring is 4. The maximum Gasteiger partial charge on any atom is 2.00 e. The van der Waals surface area contributed by atoms with Gasteiger partial charge >= 0.3 is 67.1 Å². The first kappa shape index (κ1) is 79.5. The molecule has 0 aliphatic carbocycles. The summed E-state index contributed by atoms with van der Waals surface area (Å²) in [6.45, 7) is 16.6. The molecule has 0 aromatic carbocycles. The number of hydrogen-bond donors (Lipinski definition) is 4. The second-order valence-electron chi connectivity index (χ2n) is 15.7. The molecule has 0 fully saturated rings. The van der Waals surface area contributed by atoms with Crippen LogP contribution in [0.5, 0.6) is 0 Å². The van der Waals surface area contributed by atoms with Crippen LogP contribution in [0.2, 0.25) is 0 Å². The minimum atomic E-state index is -4.35. The van der Waals surface area contributed by atoms with Crippen LogP contribution in [0.15, 0.2) is 97.6 Å². The number of nitrogens with two attached hydrogens (primary N) is 4. The van der Waals surface area contributed by atoms with Gasteiger partial charge in [-0.15, -0.1) is 0 Å². The van der Waals surface area contributed by atoms with Crippen molar-refractivity contribution in [2.75, 3.05) is 22.9 Å². The maximum absolute atomic E-state index is 10.1. The van der Waals surface area contributed by atoms with E-state index in [0.29, 0.717) is 23.3 Å². The minimum Gasteiger partial charge on any atom is -0.810 e. The van der Waals surface area contributed by atoms with E-state index in [4.69, 9.17) is 22.9 Å². The average molecular weight is 1160 g/mol. The Morgan fingerprint density at radius 1 is 0.328 bits per heavy atom. The fraction of sp³-hybridized carbons (Fsp3) is 0.444. The molecule has 20 nitrogen and oxygen atoms in total. The van der Waals surface area contributed by atoms with Crippen LogP contribution < -0.4 is 62.1 Å². The van der Waals surface area contributed by atoms with Crippen molar-refractivity contribution in [2.45, 2.75) is 104 Å². The third-order valence-corrected chi connectivity index (χ3v) is 12.6. The standard InChI is InChI=1S/4C5H6N2.4C4H11O3P.4Co/c4*6-5-3-1-2-4-7-5;4*1-4(2,3)8(5,6)7;;;;/h4*1-4H,(H2,6,7);4*1-3H3,(H2,5,6,7);;;;/q;;;;;;;;4*+2/p-8. The number of anilines is 4. The molecule has 4 rings (SSSR count). The van der Waals surface area contributed by atoms with Gasteiger partial charge in [-0.25, -0.2) is 19.9 Å². The monoisotopic (exact) mass is 1160 g/mol. The van der Waals surface area contributed by atoms with Gasteiger partial charge in [-0.1, -0.05) is 138 Å². The molecule has 0 aliphatic heterocycles. The first-order valence-electron chi connectivity index (χ1n) is 17.3. The molecule has 0 atom stereocenters. The Bertz CT molecular complexity index is 1620. The van der Waals surface area contributed by atoms with E-state index in [1.807, 2.05) is 48.5 Å². The van der Waals surface area contributed by atoms with Gasteiger partial charge in [-0.3, -0.25) is 0 Å². The van der Waals surface area contributed by atoms with Gasteiger partial charge in [0.1, 0.15) is 23.3 Å². The quantitative estimate of drug-likeness (QED) is 0.181. The molecule has 0 amide bonds. The van der Waals surface area contributed by atoms with Crippen molar-refractivity contribution in [2.24, 2.45) is 0 Å². The van der Waals surface area contributed by atoms with E-state index < -0.39 is 51.0 Å². The third kappa shape index (κ3) is 48.4. The summed E-state index contributed by atoms with van der Waals surface area (Å²) >= 11 is 0. The summed E-state index contributed by atoms with van der Waals surface area (Å²) in [7, 11) is -17.4. The topological polar surface area (TPSA) is 408 Å². The Morgan fingerprint density at radius 3 is 0.469 bits per heavy atom. The van der Waals surface area contributed by atoms with E-state index in [-0.39, 0.29) is 67.1 Å². The van der Waals surface area contributed by atoms with Gasteiger partial charge in [0.25, 0.3) is 0 Å². The van der Waals surface area contributed by atoms with E-state index >= 15 is 0 Å². The molecule has 0 spiro atoms. The van der Waals surface area contributed by atoms with Crippen molar-refractivity contribution in [1.29, 1.82) is 0 Å². The SMILES string of the molecule is CC(C)(C)P(=O)([O-])[O-].CC(C)(C)P(=O)([O-])[O-].CC(C)(C)P(=O)([O-])[O-].CC(C)(C)P(=O)([O-])[O-].Nc1ccccn1.Nc1ccccn1.Nc1ccccn1.Nc1ccccn1.[Co+2].[Co+2].[Co+2].[Co+2]. The molecule has 4 radical (unpaired) electrons. The van der Waals surface area contributed by atoms with Crippen LogP contribution in [0.3, 0.4) is 0 Å². The molecule has 8 N–H and O–H groups in total. The molecule has 4 heterocycles. The van der Waals surface area contributed by atoms with Crippen LogP contribution in [0, 0.1) is 0 Å². The Kier molecular flexibility index (Phi) is 45.3. The molecule has 28 heteroatoms. The summed E-state index contributed by atoms with van der Waals surface area (Å²) in [5.41, 5.74) is 21.0. The van der Waals surface area contributed by atoms with Crippen molar-refractivity contribution >= 4 is 53.7 Å². The summed E-state index contributed by atoms with van der Waals surface area (Å²) in [6, 6.07) is 21.7. The third-order valence-electron chi connectivity index (χ3n) is 6.04. The Morgan fingerprint density at radius 2 is 0.438 bits per heavy atom. The van der Waals surface area contributed by atoms with Crippen LogP contribution in [-0.4, -0.2) is 40.6 Å². The summed E-state index contributed by atoms with van der Waals surface area (Å²) < 4.78 is 40.5. The summed E-state index contributed by atoms with van der Waals surface area (Å²) in [5.74, 6) is 2.29. The van der Waals surface area contributed by atoms with E-state index in [9.17, 15) is 57.4 Å². The largest absolute Gasteiger partial charge is 2.00 e. The molecular weight excluding hydrogens is 1100 g/mol. The summed E-state index contributed by atoms with van der Waals surface area (Å²) in [6.07, 6.45) is 6.65. The predicted octanol–water partition coefficient (Wildman–Crippen LogP) is 1.44. The van der Waals surface area contributed by atoms with Crippen LogP contribution in [0.1, 0.15) is 83.1 Å². The number of aromatic nitrogens is 4. The van der Waals surface area contributed by atoms with Crippen molar-refractivity contribution in [3.63, 3.8) is 0 Å². The summed E-state index contributed by atoms with van der Waals surface area (Å²) in [4.78, 5) is 96.0. The molecule has 4 aromatic rings. The van der Waals surface area contributed by atoms with Crippen molar-refractivity contribution in [3.05, 3.63) is 97.6 Å². The van der Waals surface area contributed by atoms with Crippen molar-refractivity contribution in [3.8, 4) is 0 Å². The van der Waals surface area contributed by atoms with Crippen LogP contribution >= 0.6 is 30.4 Å². The molecule has 0 saturated heterocycles. The maximum atomic E-state index is 10.1. The molecule has 0 aliphatic rings. The predicted molar refractivity (Wildman–Crippen MR) is 224 cm³/mol. The van der Waals surface area contributed by atoms with E-state index in [1.165, 1.54) is 83.1 Å². The molecule has 0 saturated carbocycles. The fourth-order valence-corrected chi connectivity index (χ4v) is 1.50. The Balaban J connectivity index is -0.0000000925. The zero-order valence-corrected chi connectivity index (χ0v) is 45.1. The first-order valence-corrected chi connectivity index (χ1v) is 23.5. The normalized spacial score (nSPS) is 10.8. The molecule has 4 aromatic heterocycles. The second kappa shape index (κ2) is 36.5. The smallest absolute Gasteiger partial charge is 0.810 e. The van der Waals surface area contributed by atoms with Crippen LogP contribution in [0.25, 0.3) is 0 Å². The Hall–Kier alpha value is -1.57. The van der Waals surface area contributed by atoms with Crippen molar-refractivity contribution < 1.29 is 125 Å². The van der Waals surface area contributed by atoms with Gasteiger partial charge in [-0.05, 0) is 69.2 Å². The molecular formula is C36H60Co4N8O12P4. The zero-order valence-electron chi connectivity index (χ0n) is 37.4. The van der Waals surface area contributed by atoms with Gasteiger partial charge in [0, 0.05) is 24.8 Å². The van der Waals surface area contributed by atoms with E-state index in [1.54, 1.807) is 49.1 Å². The van der Waals surface area contributed by atoms with Gasteiger partial charge in [0.15, 0.2) is 0 Å². The zero-order chi connectivity index (χ0) is 48.5. The molecule has 64 heavy (non-hydrogen) atoms. The molecule has 372 valence electrons.